The van der Waals surface area contributed by atoms with Crippen molar-refractivity contribution in [1.29, 1.82) is 0 Å². The molecule has 0 fully saturated rings. The second kappa shape index (κ2) is 8.50. The predicted octanol–water partition coefficient (Wildman–Crippen LogP) is 4.25. The van der Waals surface area contributed by atoms with Crippen LogP contribution in [-0.4, -0.2) is 19.1 Å². The van der Waals surface area contributed by atoms with Gasteiger partial charge in [-0.15, -0.1) is 0 Å². The van der Waals surface area contributed by atoms with Gasteiger partial charge in [-0.25, -0.2) is 0 Å². The molecule has 2 aromatic rings. The molecule has 0 spiro atoms. The van der Waals surface area contributed by atoms with Crippen molar-refractivity contribution < 1.29 is 14.3 Å². The van der Waals surface area contributed by atoms with E-state index in [2.05, 4.69) is 5.32 Å². The highest BCUT2D eigenvalue weighted by atomic mass is 16.5. The fraction of sp³-hybridized carbons (Fsp3) is 0.350. The molecule has 1 N–H and O–H groups in total. The highest BCUT2D eigenvalue weighted by Gasteiger charge is 2.19. The lowest BCUT2D eigenvalue weighted by molar-refractivity contribution is -0.122. The summed E-state index contributed by atoms with van der Waals surface area (Å²) in [6.07, 6.45) is 0.0633. The number of benzene rings is 2. The van der Waals surface area contributed by atoms with Crippen molar-refractivity contribution in [2.75, 3.05) is 12.4 Å². The maximum atomic E-state index is 12.5. The molecule has 128 valence electrons. The largest absolute Gasteiger partial charge is 0.480 e. The average Bonchev–Trinajstić information content (AvgIpc) is 2.56. The lowest BCUT2D eigenvalue weighted by atomic mass is 10.1. The Morgan fingerprint density at radius 1 is 1.17 bits per heavy atom. The van der Waals surface area contributed by atoms with E-state index in [4.69, 9.17) is 9.47 Å². The third kappa shape index (κ3) is 4.83. The van der Waals surface area contributed by atoms with Crippen molar-refractivity contribution in [3.63, 3.8) is 0 Å². The van der Waals surface area contributed by atoms with Crippen molar-refractivity contribution in [2.45, 2.75) is 39.9 Å². The molecule has 2 aromatic carbocycles. The van der Waals surface area contributed by atoms with Gasteiger partial charge in [0, 0.05) is 12.8 Å². The average molecular weight is 327 g/mol. The first-order chi connectivity index (χ1) is 11.5. The molecule has 1 unspecified atom stereocenters. The standard InChI is InChI=1S/C20H25NO3/c1-5-18(24-19-11-14(2)9-10-15(19)3)20(22)21-17-8-6-7-16(12-17)13-23-4/h6-12,18H,5,13H2,1-4H3,(H,21,22). The molecule has 4 nitrogen and oxygen atoms in total. The second-order valence-electron chi connectivity index (χ2n) is 5.91. The van der Waals surface area contributed by atoms with Gasteiger partial charge in [-0.05, 0) is 55.2 Å². The molecule has 0 heterocycles. The Hall–Kier alpha value is -2.33. The number of aryl methyl sites for hydroxylation is 2. The van der Waals surface area contributed by atoms with E-state index in [1.54, 1.807) is 7.11 Å². The van der Waals surface area contributed by atoms with Crippen LogP contribution in [0.3, 0.4) is 0 Å². The van der Waals surface area contributed by atoms with E-state index in [9.17, 15) is 4.79 Å². The van der Waals surface area contributed by atoms with Gasteiger partial charge in [0.2, 0.25) is 0 Å². The van der Waals surface area contributed by atoms with Crippen LogP contribution in [0.2, 0.25) is 0 Å². The van der Waals surface area contributed by atoms with Crippen molar-refractivity contribution in [3.05, 3.63) is 59.2 Å². The Kier molecular flexibility index (Phi) is 6.38. The van der Waals surface area contributed by atoms with Crippen LogP contribution < -0.4 is 10.1 Å². The van der Waals surface area contributed by atoms with E-state index in [1.165, 1.54) is 0 Å². The van der Waals surface area contributed by atoms with Gasteiger partial charge in [-0.1, -0.05) is 31.2 Å². The Labute approximate surface area is 143 Å². The number of rotatable bonds is 7. The summed E-state index contributed by atoms with van der Waals surface area (Å²) in [5.74, 6) is 0.609. The quantitative estimate of drug-likeness (QED) is 0.827. The number of hydrogen-bond donors (Lipinski definition) is 1. The van der Waals surface area contributed by atoms with Crippen molar-refractivity contribution in [2.24, 2.45) is 0 Å². The van der Waals surface area contributed by atoms with Crippen LogP contribution in [-0.2, 0) is 16.1 Å². The minimum atomic E-state index is -0.531. The van der Waals surface area contributed by atoms with E-state index >= 15 is 0 Å². The van der Waals surface area contributed by atoms with Crippen LogP contribution in [0.25, 0.3) is 0 Å². The highest BCUT2D eigenvalue weighted by Crippen LogP contribution is 2.22. The molecule has 1 atom stereocenters. The number of carbonyl (C=O) groups excluding carboxylic acids is 1. The van der Waals surface area contributed by atoms with Gasteiger partial charge in [-0.2, -0.15) is 0 Å². The summed E-state index contributed by atoms with van der Waals surface area (Å²) in [6, 6.07) is 13.6. The first-order valence-electron chi connectivity index (χ1n) is 8.16. The molecule has 0 saturated carbocycles. The number of methoxy groups -OCH3 is 1. The zero-order chi connectivity index (χ0) is 17.5. The van der Waals surface area contributed by atoms with Crippen LogP contribution in [0.5, 0.6) is 5.75 Å². The first-order valence-corrected chi connectivity index (χ1v) is 8.16. The number of carbonyl (C=O) groups is 1. The third-order valence-electron chi connectivity index (χ3n) is 3.78. The van der Waals surface area contributed by atoms with Crippen LogP contribution in [0.1, 0.15) is 30.0 Å². The van der Waals surface area contributed by atoms with Gasteiger partial charge < -0.3 is 14.8 Å². The van der Waals surface area contributed by atoms with Crippen LogP contribution in [0.15, 0.2) is 42.5 Å². The fourth-order valence-electron chi connectivity index (χ4n) is 2.44. The molecule has 0 aromatic heterocycles. The molecule has 0 bridgehead atoms. The minimum absolute atomic E-state index is 0.145. The summed E-state index contributed by atoms with van der Waals surface area (Å²) in [4.78, 5) is 12.5. The maximum Gasteiger partial charge on any atom is 0.265 e. The topological polar surface area (TPSA) is 47.6 Å². The molecule has 0 aliphatic carbocycles. The zero-order valence-electron chi connectivity index (χ0n) is 14.8. The maximum absolute atomic E-state index is 12.5. The summed E-state index contributed by atoms with van der Waals surface area (Å²) < 4.78 is 11.1. The summed E-state index contributed by atoms with van der Waals surface area (Å²) in [5.41, 5.74) is 3.89. The van der Waals surface area contributed by atoms with E-state index in [1.807, 2.05) is 63.2 Å². The first kappa shape index (κ1) is 18.0. The lowest BCUT2D eigenvalue weighted by Crippen LogP contribution is -2.32. The van der Waals surface area contributed by atoms with E-state index < -0.39 is 6.10 Å². The molecule has 0 saturated heterocycles. The number of ether oxygens (including phenoxy) is 2. The number of nitrogens with one attached hydrogen (secondary N) is 1. The van der Waals surface area contributed by atoms with E-state index in [0.29, 0.717) is 13.0 Å². The van der Waals surface area contributed by atoms with Crippen molar-refractivity contribution >= 4 is 11.6 Å². The monoisotopic (exact) mass is 327 g/mol. The van der Waals surface area contributed by atoms with Gasteiger partial charge in [0.15, 0.2) is 6.10 Å². The van der Waals surface area contributed by atoms with Gasteiger partial charge in [0.25, 0.3) is 5.91 Å². The number of hydrogen-bond acceptors (Lipinski definition) is 3. The fourth-order valence-corrected chi connectivity index (χ4v) is 2.44. The number of anilines is 1. The Morgan fingerprint density at radius 3 is 2.67 bits per heavy atom. The molecular formula is C20H25NO3. The summed E-state index contributed by atoms with van der Waals surface area (Å²) in [5, 5.41) is 2.93. The molecule has 0 aliphatic heterocycles. The molecule has 4 heteroatoms. The molecule has 0 radical (unpaired) electrons. The van der Waals surface area contributed by atoms with Gasteiger partial charge in [-0.3, -0.25) is 4.79 Å². The molecule has 2 rings (SSSR count). The van der Waals surface area contributed by atoms with Gasteiger partial charge in [0.05, 0.1) is 6.61 Å². The van der Waals surface area contributed by atoms with Crippen molar-refractivity contribution in [3.8, 4) is 5.75 Å². The lowest BCUT2D eigenvalue weighted by Gasteiger charge is -2.19. The predicted molar refractivity (Wildman–Crippen MR) is 96.4 cm³/mol. The summed E-state index contributed by atoms with van der Waals surface area (Å²) in [7, 11) is 1.65. The number of amides is 1. The summed E-state index contributed by atoms with van der Waals surface area (Å²) >= 11 is 0. The Bertz CT molecular complexity index is 697. The zero-order valence-corrected chi connectivity index (χ0v) is 14.8. The highest BCUT2D eigenvalue weighted by molar-refractivity contribution is 5.94. The van der Waals surface area contributed by atoms with Crippen LogP contribution in [0, 0.1) is 13.8 Å². The van der Waals surface area contributed by atoms with Gasteiger partial charge >= 0.3 is 0 Å². The van der Waals surface area contributed by atoms with Crippen LogP contribution in [0.4, 0.5) is 5.69 Å². The smallest absolute Gasteiger partial charge is 0.265 e. The van der Waals surface area contributed by atoms with Gasteiger partial charge in [0.1, 0.15) is 5.75 Å². The van der Waals surface area contributed by atoms with E-state index in [0.717, 1.165) is 28.1 Å². The minimum Gasteiger partial charge on any atom is -0.480 e. The second-order valence-corrected chi connectivity index (χ2v) is 5.91. The Morgan fingerprint density at radius 2 is 1.96 bits per heavy atom. The molecule has 24 heavy (non-hydrogen) atoms. The Balaban J connectivity index is 2.08. The third-order valence-corrected chi connectivity index (χ3v) is 3.78. The molecule has 0 aliphatic rings. The van der Waals surface area contributed by atoms with Crippen molar-refractivity contribution in [1.82, 2.24) is 0 Å². The summed E-state index contributed by atoms with van der Waals surface area (Å²) in [6.45, 7) is 6.44. The normalized spacial score (nSPS) is 11.8. The SMILES string of the molecule is CCC(Oc1cc(C)ccc1C)C(=O)Nc1cccc(COC)c1. The molecule has 1 amide bonds. The van der Waals surface area contributed by atoms with Crippen LogP contribution >= 0.6 is 0 Å². The molecular weight excluding hydrogens is 302 g/mol. The van der Waals surface area contributed by atoms with E-state index in [-0.39, 0.29) is 5.91 Å².